The number of hydrogen-bond donors (Lipinski definition) is 1. The van der Waals surface area contributed by atoms with E-state index >= 15 is 0 Å². The summed E-state index contributed by atoms with van der Waals surface area (Å²) < 4.78 is 0. The molecule has 2 aliphatic rings. The maximum atomic E-state index is 3.51. The van der Waals surface area contributed by atoms with E-state index in [4.69, 9.17) is 0 Å². The lowest BCUT2D eigenvalue weighted by Crippen LogP contribution is -2.38. The second kappa shape index (κ2) is 8.89. The minimum atomic E-state index is 0. The summed E-state index contributed by atoms with van der Waals surface area (Å²) in [6.07, 6.45) is 6.53. The summed E-state index contributed by atoms with van der Waals surface area (Å²) in [6, 6.07) is 9.82. The minimum Gasteiger partial charge on any atom is -0.315 e. The summed E-state index contributed by atoms with van der Waals surface area (Å²) >= 11 is 0. The van der Waals surface area contributed by atoms with Gasteiger partial charge in [0.05, 0.1) is 0 Å². The van der Waals surface area contributed by atoms with Crippen molar-refractivity contribution in [1.29, 1.82) is 0 Å². The van der Waals surface area contributed by atoms with Gasteiger partial charge in [0.25, 0.3) is 0 Å². The Morgan fingerprint density at radius 2 is 1.55 bits per heavy atom. The molecule has 1 aliphatic carbocycles. The second-order valence-corrected chi connectivity index (χ2v) is 5.64. The molecule has 1 heterocycles. The molecule has 0 atom stereocenters. The Kier molecular flexibility index (Phi) is 7.90. The van der Waals surface area contributed by atoms with Crippen molar-refractivity contribution in [3.05, 3.63) is 35.4 Å². The monoisotopic (exact) mass is 316 g/mol. The summed E-state index contributed by atoms with van der Waals surface area (Å²) in [6.45, 7) is 4.89. The predicted octanol–water partition coefficient (Wildman–Crippen LogP) is 3.07. The average Bonchev–Trinajstić information content (AvgIpc) is 2.79. The highest BCUT2D eigenvalue weighted by Crippen LogP contribution is 2.23. The van der Waals surface area contributed by atoms with E-state index in [1.54, 1.807) is 11.1 Å². The minimum absolute atomic E-state index is 0. The Balaban J connectivity index is 0.000001000. The van der Waals surface area contributed by atoms with Gasteiger partial charge in [0, 0.05) is 19.1 Å². The first-order valence-corrected chi connectivity index (χ1v) is 7.45. The highest BCUT2D eigenvalue weighted by Gasteiger charge is 2.22. The predicted molar refractivity (Wildman–Crippen MR) is 90.4 cm³/mol. The summed E-state index contributed by atoms with van der Waals surface area (Å²) in [4.78, 5) is 2.73. The molecule has 3 rings (SSSR count). The molecule has 114 valence electrons. The highest BCUT2D eigenvalue weighted by atomic mass is 35.5. The quantitative estimate of drug-likeness (QED) is 0.801. The zero-order valence-corrected chi connectivity index (χ0v) is 13.6. The second-order valence-electron chi connectivity index (χ2n) is 5.64. The molecule has 1 aromatic rings. The van der Waals surface area contributed by atoms with Crippen molar-refractivity contribution in [2.45, 2.75) is 38.1 Å². The molecule has 0 bridgehead atoms. The summed E-state index contributed by atoms with van der Waals surface area (Å²) in [7, 11) is 0. The van der Waals surface area contributed by atoms with Gasteiger partial charge in [-0.05, 0) is 56.3 Å². The van der Waals surface area contributed by atoms with Crippen LogP contribution in [0.3, 0.4) is 0 Å². The largest absolute Gasteiger partial charge is 0.315 e. The molecule has 0 radical (unpaired) electrons. The molecule has 0 amide bonds. The molecule has 0 saturated carbocycles. The summed E-state index contributed by atoms with van der Waals surface area (Å²) in [5.41, 5.74) is 3.18. The van der Waals surface area contributed by atoms with Crippen LogP contribution < -0.4 is 5.32 Å². The number of rotatable bonds is 1. The molecular formula is C16H26Cl2N2. The van der Waals surface area contributed by atoms with Gasteiger partial charge in [-0.25, -0.2) is 0 Å². The Bertz CT molecular complexity index is 363. The Labute approximate surface area is 135 Å². The van der Waals surface area contributed by atoms with Gasteiger partial charge in [-0.3, -0.25) is 4.90 Å². The number of benzene rings is 1. The topological polar surface area (TPSA) is 15.3 Å². The lowest BCUT2D eigenvalue weighted by molar-refractivity contribution is 0.191. The molecular weight excluding hydrogens is 291 g/mol. The van der Waals surface area contributed by atoms with Crippen molar-refractivity contribution in [2.24, 2.45) is 0 Å². The molecule has 1 aliphatic heterocycles. The number of nitrogens with zero attached hydrogens (tertiary/aromatic N) is 1. The van der Waals surface area contributed by atoms with Crippen molar-refractivity contribution in [3.8, 4) is 0 Å². The van der Waals surface area contributed by atoms with Crippen LogP contribution in [0.4, 0.5) is 0 Å². The van der Waals surface area contributed by atoms with Crippen molar-refractivity contribution in [2.75, 3.05) is 26.2 Å². The highest BCUT2D eigenvalue weighted by molar-refractivity contribution is 5.85. The third-order valence-corrected chi connectivity index (χ3v) is 4.50. The molecule has 1 aromatic carbocycles. The number of fused-ring (bicyclic) bond motifs is 1. The van der Waals surface area contributed by atoms with Gasteiger partial charge in [0.2, 0.25) is 0 Å². The lowest BCUT2D eigenvalue weighted by Gasteiger charge is -2.29. The fourth-order valence-corrected chi connectivity index (χ4v) is 3.43. The van der Waals surface area contributed by atoms with Crippen LogP contribution in [0.25, 0.3) is 0 Å². The molecule has 0 unspecified atom stereocenters. The van der Waals surface area contributed by atoms with Crippen LogP contribution in [-0.2, 0) is 12.8 Å². The van der Waals surface area contributed by atoms with E-state index in [0.29, 0.717) is 0 Å². The molecule has 4 heteroatoms. The van der Waals surface area contributed by atoms with Gasteiger partial charge in [-0.2, -0.15) is 0 Å². The number of aryl methyl sites for hydroxylation is 2. The SMILES string of the molecule is Cl.Cl.c1ccc2c(c1)CCC(N1CCCNCC1)CC2. The third-order valence-electron chi connectivity index (χ3n) is 4.50. The zero-order valence-electron chi connectivity index (χ0n) is 12.0. The van der Waals surface area contributed by atoms with Crippen LogP contribution >= 0.6 is 24.8 Å². The zero-order chi connectivity index (χ0) is 12.2. The van der Waals surface area contributed by atoms with Crippen LogP contribution in [-0.4, -0.2) is 37.1 Å². The molecule has 1 N–H and O–H groups in total. The maximum absolute atomic E-state index is 3.51. The van der Waals surface area contributed by atoms with Gasteiger partial charge in [0.15, 0.2) is 0 Å². The third kappa shape index (κ3) is 4.36. The van der Waals surface area contributed by atoms with E-state index < -0.39 is 0 Å². The van der Waals surface area contributed by atoms with Crippen molar-refractivity contribution < 1.29 is 0 Å². The number of halogens is 2. The molecule has 20 heavy (non-hydrogen) atoms. The first-order valence-electron chi connectivity index (χ1n) is 7.45. The van der Waals surface area contributed by atoms with Crippen LogP contribution in [0.1, 0.15) is 30.4 Å². The van der Waals surface area contributed by atoms with Gasteiger partial charge < -0.3 is 5.32 Å². The molecule has 0 aromatic heterocycles. The molecule has 1 saturated heterocycles. The number of nitrogens with one attached hydrogen (secondary N) is 1. The Morgan fingerprint density at radius 1 is 0.900 bits per heavy atom. The standard InChI is InChI=1S/C16H24N2.2ClH/c1-2-5-15-7-9-16(8-6-14(15)4-1)18-12-3-10-17-11-13-18;;/h1-2,4-5,16-17H,3,6-13H2;2*1H. The van der Waals surface area contributed by atoms with Crippen LogP contribution in [0, 0.1) is 0 Å². The van der Waals surface area contributed by atoms with Crippen molar-refractivity contribution in [1.82, 2.24) is 10.2 Å². The summed E-state index contributed by atoms with van der Waals surface area (Å²) in [5.74, 6) is 0. The van der Waals surface area contributed by atoms with E-state index in [2.05, 4.69) is 34.5 Å². The van der Waals surface area contributed by atoms with E-state index in [-0.39, 0.29) is 24.8 Å². The van der Waals surface area contributed by atoms with E-state index in [9.17, 15) is 0 Å². The fourth-order valence-electron chi connectivity index (χ4n) is 3.43. The van der Waals surface area contributed by atoms with Crippen LogP contribution in [0.2, 0.25) is 0 Å². The first kappa shape index (κ1) is 17.8. The van der Waals surface area contributed by atoms with E-state index in [1.807, 2.05) is 0 Å². The lowest BCUT2D eigenvalue weighted by atomic mass is 10.0. The van der Waals surface area contributed by atoms with Crippen LogP contribution in [0.5, 0.6) is 0 Å². The normalized spacial score (nSPS) is 20.8. The van der Waals surface area contributed by atoms with Crippen LogP contribution in [0.15, 0.2) is 24.3 Å². The number of hydrogen-bond acceptors (Lipinski definition) is 2. The van der Waals surface area contributed by atoms with E-state index in [1.165, 1.54) is 58.3 Å². The smallest absolute Gasteiger partial charge is 0.0110 e. The molecule has 1 fully saturated rings. The van der Waals surface area contributed by atoms with Gasteiger partial charge in [-0.1, -0.05) is 24.3 Å². The van der Waals surface area contributed by atoms with Crippen molar-refractivity contribution in [3.63, 3.8) is 0 Å². The first-order chi connectivity index (χ1) is 8.93. The van der Waals surface area contributed by atoms with E-state index in [0.717, 1.165) is 6.04 Å². The fraction of sp³-hybridized carbons (Fsp3) is 0.625. The summed E-state index contributed by atoms with van der Waals surface area (Å²) in [5, 5.41) is 3.51. The van der Waals surface area contributed by atoms with Crippen molar-refractivity contribution >= 4 is 24.8 Å². The Morgan fingerprint density at radius 3 is 2.20 bits per heavy atom. The molecule has 2 nitrogen and oxygen atoms in total. The van der Waals surface area contributed by atoms with Gasteiger partial charge in [0.1, 0.15) is 0 Å². The Hall–Kier alpha value is -0.280. The average molecular weight is 317 g/mol. The maximum Gasteiger partial charge on any atom is 0.0110 e. The van der Waals surface area contributed by atoms with Gasteiger partial charge >= 0.3 is 0 Å². The molecule has 0 spiro atoms. The van der Waals surface area contributed by atoms with Gasteiger partial charge in [-0.15, -0.1) is 24.8 Å².